The van der Waals surface area contributed by atoms with Crippen LogP contribution in [0.1, 0.15) is 39.3 Å². The van der Waals surface area contributed by atoms with Gasteiger partial charge in [-0.1, -0.05) is 48.2 Å². The Bertz CT molecular complexity index is 1140. The molecule has 0 aliphatic carbocycles. The number of ether oxygens (including phenoxy) is 2. The Morgan fingerprint density at radius 2 is 1.34 bits per heavy atom. The van der Waals surface area contributed by atoms with E-state index in [4.69, 9.17) is 9.47 Å². The summed E-state index contributed by atoms with van der Waals surface area (Å²) in [6.45, 7) is 1.62. The summed E-state index contributed by atoms with van der Waals surface area (Å²) < 4.78 is 11.7. The van der Waals surface area contributed by atoms with Crippen LogP contribution in [0.15, 0.2) is 81.7 Å². The van der Waals surface area contributed by atoms with Crippen LogP contribution in [0.5, 0.6) is 5.75 Å². The van der Waals surface area contributed by atoms with Crippen molar-refractivity contribution in [1.29, 1.82) is 0 Å². The molecule has 32 heavy (non-hydrogen) atoms. The molecular weight excluding hydrogens is 540 g/mol. The first-order chi connectivity index (χ1) is 15.3. The first-order valence-corrected chi connectivity index (χ1v) is 11.1. The zero-order valence-corrected chi connectivity index (χ0v) is 20.1. The zero-order chi connectivity index (χ0) is 23.1. The Labute approximate surface area is 202 Å². The maximum absolute atomic E-state index is 12.3. The highest BCUT2D eigenvalue weighted by atomic mass is 79.9. The van der Waals surface area contributed by atoms with Gasteiger partial charge in [0.25, 0.3) is 0 Å². The summed E-state index contributed by atoms with van der Waals surface area (Å²) in [5.74, 6) is 4.70. The minimum atomic E-state index is -1.14. The Morgan fingerprint density at radius 3 is 1.88 bits per heavy atom. The number of benzene rings is 3. The van der Waals surface area contributed by atoms with Crippen molar-refractivity contribution in [2.45, 2.75) is 19.1 Å². The van der Waals surface area contributed by atoms with E-state index in [1.165, 1.54) is 0 Å². The van der Waals surface area contributed by atoms with Gasteiger partial charge in [-0.05, 0) is 80.7 Å². The van der Waals surface area contributed by atoms with E-state index in [-0.39, 0.29) is 5.75 Å². The molecule has 2 unspecified atom stereocenters. The van der Waals surface area contributed by atoms with Crippen LogP contribution < -0.4 is 4.74 Å². The third-order valence-electron chi connectivity index (χ3n) is 4.26. The van der Waals surface area contributed by atoms with Gasteiger partial charge in [-0.2, -0.15) is 0 Å². The quantitative estimate of drug-likeness (QED) is 0.247. The normalized spacial score (nSPS) is 12.1. The van der Waals surface area contributed by atoms with Crippen molar-refractivity contribution in [1.82, 2.24) is 0 Å². The summed E-state index contributed by atoms with van der Waals surface area (Å²) in [7, 11) is 0. The van der Waals surface area contributed by atoms with Crippen molar-refractivity contribution < 1.29 is 24.2 Å². The molecule has 0 amide bonds. The van der Waals surface area contributed by atoms with Gasteiger partial charge in [0.2, 0.25) is 0 Å². The second-order valence-corrected chi connectivity index (χ2v) is 8.38. The lowest BCUT2D eigenvalue weighted by Crippen LogP contribution is -2.13. The average molecular weight is 558 g/mol. The molecule has 0 spiro atoms. The number of carbonyl (C=O) groups excluding carboxylic acids is 2. The predicted molar refractivity (Wildman–Crippen MR) is 127 cm³/mol. The van der Waals surface area contributed by atoms with E-state index in [0.717, 1.165) is 0 Å². The second-order valence-electron chi connectivity index (χ2n) is 6.67. The Kier molecular flexibility index (Phi) is 8.23. The monoisotopic (exact) mass is 556 g/mol. The number of aliphatic hydroxyl groups is 1. The van der Waals surface area contributed by atoms with Crippen LogP contribution in [0.2, 0.25) is 0 Å². The molecule has 3 rings (SSSR count). The molecule has 0 saturated heterocycles. The van der Waals surface area contributed by atoms with Gasteiger partial charge in [-0.15, -0.1) is 0 Å². The van der Waals surface area contributed by atoms with Crippen molar-refractivity contribution >= 4 is 43.8 Å². The van der Waals surface area contributed by atoms with Crippen molar-refractivity contribution in [3.05, 3.63) is 98.4 Å². The minimum absolute atomic E-state index is 0.285. The molecule has 0 fully saturated rings. The lowest BCUT2D eigenvalue weighted by Gasteiger charge is -2.12. The largest absolute Gasteiger partial charge is 0.446 e. The lowest BCUT2D eigenvalue weighted by molar-refractivity contribution is 0.0437. The molecule has 0 aliphatic heterocycles. The highest BCUT2D eigenvalue weighted by Gasteiger charge is 2.17. The minimum Gasteiger partial charge on any atom is -0.446 e. The Morgan fingerprint density at radius 1 is 0.844 bits per heavy atom. The number of rotatable bonds is 5. The smallest absolute Gasteiger partial charge is 0.343 e. The van der Waals surface area contributed by atoms with Gasteiger partial charge in [-0.3, -0.25) is 0 Å². The van der Waals surface area contributed by atoms with Gasteiger partial charge in [0.15, 0.2) is 11.9 Å². The summed E-state index contributed by atoms with van der Waals surface area (Å²) in [5, 5.41) is 10.5. The van der Waals surface area contributed by atoms with Crippen LogP contribution in [0.25, 0.3) is 0 Å². The number of hydrogen-bond donors (Lipinski definition) is 1. The summed E-state index contributed by atoms with van der Waals surface area (Å²) in [5.41, 5.74) is 1.31. The van der Waals surface area contributed by atoms with E-state index >= 15 is 0 Å². The molecular formula is C25H18Br2O5. The topological polar surface area (TPSA) is 72.8 Å². The van der Waals surface area contributed by atoms with Crippen LogP contribution in [-0.4, -0.2) is 23.1 Å². The maximum atomic E-state index is 12.3. The fourth-order valence-corrected chi connectivity index (χ4v) is 4.06. The predicted octanol–water partition coefficient (Wildman–Crippen LogP) is 5.71. The SMILES string of the molecule is CC(C#CC(O)c1cc(Br)c(OC(=O)c2ccccc2)c(Br)c1)OC(=O)c1ccccc1. The molecule has 0 aromatic heterocycles. The fraction of sp³-hybridized carbons (Fsp3) is 0.120. The highest BCUT2D eigenvalue weighted by molar-refractivity contribution is 9.11. The summed E-state index contributed by atoms with van der Waals surface area (Å²) in [4.78, 5) is 24.4. The highest BCUT2D eigenvalue weighted by Crippen LogP contribution is 2.36. The third kappa shape index (κ3) is 6.30. The van der Waals surface area contributed by atoms with Crippen LogP contribution >= 0.6 is 31.9 Å². The van der Waals surface area contributed by atoms with E-state index < -0.39 is 24.1 Å². The molecule has 1 N–H and O–H groups in total. The van der Waals surface area contributed by atoms with E-state index in [1.54, 1.807) is 73.7 Å². The van der Waals surface area contributed by atoms with E-state index in [2.05, 4.69) is 43.7 Å². The molecule has 0 saturated carbocycles. The Balaban J connectivity index is 1.68. The summed E-state index contributed by atoms with van der Waals surface area (Å²) in [6.07, 6.45) is -1.85. The molecule has 0 heterocycles. The number of aliphatic hydroxyl groups excluding tert-OH is 1. The molecule has 0 aliphatic rings. The van der Waals surface area contributed by atoms with E-state index in [0.29, 0.717) is 25.6 Å². The van der Waals surface area contributed by atoms with Crippen molar-refractivity contribution in [2.75, 3.05) is 0 Å². The number of esters is 2. The fourth-order valence-electron chi connectivity index (χ4n) is 2.67. The summed E-state index contributed by atoms with van der Waals surface area (Å²) in [6, 6.07) is 20.4. The van der Waals surface area contributed by atoms with Gasteiger partial charge in [-0.25, -0.2) is 9.59 Å². The number of carbonyl (C=O) groups is 2. The van der Waals surface area contributed by atoms with Crippen molar-refractivity contribution in [3.63, 3.8) is 0 Å². The lowest BCUT2D eigenvalue weighted by atomic mass is 10.1. The van der Waals surface area contributed by atoms with Crippen molar-refractivity contribution in [3.8, 4) is 17.6 Å². The molecule has 0 radical (unpaired) electrons. The van der Waals surface area contributed by atoms with Gasteiger partial charge in [0.1, 0.15) is 6.10 Å². The second kappa shape index (κ2) is 11.1. The van der Waals surface area contributed by atoms with Crippen LogP contribution in [0.4, 0.5) is 0 Å². The first-order valence-electron chi connectivity index (χ1n) is 9.56. The van der Waals surface area contributed by atoms with Gasteiger partial charge < -0.3 is 14.6 Å². The maximum Gasteiger partial charge on any atom is 0.343 e. The van der Waals surface area contributed by atoms with Crippen LogP contribution in [0, 0.1) is 11.8 Å². The van der Waals surface area contributed by atoms with Gasteiger partial charge >= 0.3 is 11.9 Å². The zero-order valence-electron chi connectivity index (χ0n) is 16.9. The first kappa shape index (κ1) is 23.7. The molecule has 2 atom stereocenters. The molecule has 3 aromatic carbocycles. The molecule has 162 valence electrons. The Hall–Kier alpha value is -2.92. The average Bonchev–Trinajstić information content (AvgIpc) is 2.80. The van der Waals surface area contributed by atoms with Crippen molar-refractivity contribution in [2.24, 2.45) is 0 Å². The van der Waals surface area contributed by atoms with E-state index in [1.807, 2.05) is 6.07 Å². The van der Waals surface area contributed by atoms with Crippen LogP contribution in [0.3, 0.4) is 0 Å². The standard InChI is InChI=1S/C25H18Br2O5/c1-16(31-24(29)17-8-4-2-5-9-17)12-13-22(28)19-14-20(26)23(21(27)15-19)32-25(30)18-10-6-3-7-11-18/h2-11,14-16,22,28H,1H3. The molecule has 5 nitrogen and oxygen atoms in total. The summed E-state index contributed by atoms with van der Waals surface area (Å²) >= 11 is 6.74. The molecule has 3 aromatic rings. The molecule has 0 bridgehead atoms. The molecule has 7 heteroatoms. The number of hydrogen-bond acceptors (Lipinski definition) is 5. The van der Waals surface area contributed by atoms with Gasteiger partial charge in [0, 0.05) is 0 Å². The third-order valence-corrected chi connectivity index (χ3v) is 5.44. The van der Waals surface area contributed by atoms with E-state index in [9.17, 15) is 14.7 Å². The van der Waals surface area contributed by atoms with Crippen LogP contribution in [-0.2, 0) is 4.74 Å². The van der Waals surface area contributed by atoms with Gasteiger partial charge in [0.05, 0.1) is 20.1 Å². The number of halogens is 2.